The second kappa shape index (κ2) is 58.8. The van der Waals surface area contributed by atoms with Crippen LogP contribution in [0.5, 0.6) is 0 Å². The van der Waals surface area contributed by atoms with Gasteiger partial charge in [-0.2, -0.15) is 8.42 Å². The summed E-state index contributed by atoms with van der Waals surface area (Å²) < 4.78 is 48.0. The molecule has 0 spiro atoms. The van der Waals surface area contributed by atoms with Crippen molar-refractivity contribution >= 4 is 16.3 Å². The number of nitrogens with one attached hydrogen (secondary N) is 1. The number of allylic oxidation sites excluding steroid dienone is 1. The van der Waals surface area contributed by atoms with Crippen molar-refractivity contribution in [3.05, 3.63) is 12.2 Å². The van der Waals surface area contributed by atoms with Crippen molar-refractivity contribution in [2.75, 3.05) is 13.2 Å². The molecular formula is C69H135NO11S. The van der Waals surface area contributed by atoms with Crippen LogP contribution in [-0.4, -0.2) is 95.4 Å². The fourth-order valence-electron chi connectivity index (χ4n) is 11.9. The van der Waals surface area contributed by atoms with E-state index in [0.717, 1.165) is 38.5 Å². The Kier molecular flexibility index (Phi) is 56.6. The van der Waals surface area contributed by atoms with Crippen molar-refractivity contribution in [1.82, 2.24) is 5.32 Å². The molecule has 13 heteroatoms. The Labute approximate surface area is 506 Å². The van der Waals surface area contributed by atoms with E-state index in [-0.39, 0.29) is 18.9 Å². The molecule has 82 heavy (non-hydrogen) atoms. The predicted octanol–water partition coefficient (Wildman–Crippen LogP) is 18.5. The molecule has 1 rings (SSSR count). The number of hydrogen-bond donors (Lipinski definition) is 6. The van der Waals surface area contributed by atoms with Gasteiger partial charge in [-0.15, -0.1) is 0 Å². The number of aliphatic hydroxyl groups excluding tert-OH is 4. The van der Waals surface area contributed by atoms with Crippen LogP contribution in [0.25, 0.3) is 0 Å². The molecule has 12 nitrogen and oxygen atoms in total. The fourth-order valence-corrected chi connectivity index (χ4v) is 12.4. The second-order valence-corrected chi connectivity index (χ2v) is 26.2. The van der Waals surface area contributed by atoms with Gasteiger partial charge >= 0.3 is 10.4 Å². The lowest BCUT2D eigenvalue weighted by Crippen LogP contribution is -2.61. The van der Waals surface area contributed by atoms with E-state index in [9.17, 15) is 38.2 Å². The SMILES string of the molecule is CCCCCCCCCCCCCCCCCC/C=C/C(O)C(COC1OC(CO)C(O)C(OS(=O)(=O)O)C1O)NC(=O)CCCCCCCCCCCCCCCCCCCCCCCCCCCCCCCCCCCCCCC. The second-order valence-electron chi connectivity index (χ2n) is 25.2. The summed E-state index contributed by atoms with van der Waals surface area (Å²) in [6.45, 7) is 3.46. The smallest absolute Gasteiger partial charge is 0.394 e. The number of aliphatic hydroxyl groups is 4. The molecule has 0 bridgehead atoms. The van der Waals surface area contributed by atoms with Crippen molar-refractivity contribution < 1.29 is 51.8 Å². The van der Waals surface area contributed by atoms with Crippen LogP contribution >= 0.6 is 0 Å². The van der Waals surface area contributed by atoms with Crippen molar-refractivity contribution in [2.45, 2.75) is 410 Å². The Bertz CT molecular complexity index is 1490. The molecule has 1 heterocycles. The van der Waals surface area contributed by atoms with Gasteiger partial charge < -0.3 is 35.2 Å². The van der Waals surface area contributed by atoms with Gasteiger partial charge in [0.05, 0.1) is 25.4 Å². The summed E-state index contributed by atoms with van der Waals surface area (Å²) in [7, 11) is -5.09. The minimum atomic E-state index is -5.09. The fraction of sp³-hybridized carbons (Fsp3) is 0.957. The third-order valence-electron chi connectivity index (χ3n) is 17.3. The molecule has 0 saturated carbocycles. The van der Waals surface area contributed by atoms with E-state index in [0.29, 0.717) is 6.42 Å². The molecule has 1 saturated heterocycles. The molecule has 0 aliphatic carbocycles. The van der Waals surface area contributed by atoms with E-state index in [4.69, 9.17) is 9.47 Å². The lowest BCUT2D eigenvalue weighted by atomic mass is 9.99. The van der Waals surface area contributed by atoms with Crippen LogP contribution in [0.3, 0.4) is 0 Å². The molecule has 1 aliphatic rings. The molecule has 0 aromatic rings. The Hall–Kier alpha value is -1.16. The Morgan fingerprint density at radius 2 is 0.768 bits per heavy atom. The zero-order chi connectivity index (χ0) is 59.7. The third-order valence-corrected chi connectivity index (χ3v) is 17.8. The average Bonchev–Trinajstić information content (AvgIpc) is 3.62. The Morgan fingerprint density at radius 1 is 0.476 bits per heavy atom. The molecular weight excluding hydrogens is 1050 g/mol. The molecule has 0 aromatic carbocycles. The number of amides is 1. The van der Waals surface area contributed by atoms with Crippen LogP contribution in [0.4, 0.5) is 0 Å². The van der Waals surface area contributed by atoms with Crippen LogP contribution in [0.15, 0.2) is 12.2 Å². The van der Waals surface area contributed by atoms with Crippen LogP contribution < -0.4 is 5.32 Å². The molecule has 0 aromatic heterocycles. The third kappa shape index (κ3) is 49.9. The summed E-state index contributed by atoms with van der Waals surface area (Å²) in [6.07, 6.45) is 65.9. The molecule has 1 amide bonds. The van der Waals surface area contributed by atoms with Gasteiger partial charge in [-0.25, -0.2) is 4.18 Å². The molecule has 7 unspecified atom stereocenters. The van der Waals surface area contributed by atoms with Gasteiger partial charge in [-0.3, -0.25) is 9.35 Å². The maximum Gasteiger partial charge on any atom is 0.397 e. The summed E-state index contributed by atoms with van der Waals surface area (Å²) in [5.41, 5.74) is 0. The van der Waals surface area contributed by atoms with E-state index >= 15 is 0 Å². The van der Waals surface area contributed by atoms with Gasteiger partial charge in [0, 0.05) is 6.42 Å². The van der Waals surface area contributed by atoms with Crippen molar-refractivity contribution in [3.63, 3.8) is 0 Å². The van der Waals surface area contributed by atoms with Crippen molar-refractivity contribution in [1.29, 1.82) is 0 Å². The van der Waals surface area contributed by atoms with E-state index in [1.807, 2.05) is 6.08 Å². The number of unbranched alkanes of at least 4 members (excludes halogenated alkanes) is 52. The first kappa shape index (κ1) is 78.9. The van der Waals surface area contributed by atoms with Gasteiger partial charge in [-0.1, -0.05) is 353 Å². The van der Waals surface area contributed by atoms with E-state index in [1.165, 1.54) is 302 Å². The van der Waals surface area contributed by atoms with Gasteiger partial charge in [-0.05, 0) is 19.3 Å². The first-order valence-electron chi connectivity index (χ1n) is 35.6. The maximum atomic E-state index is 13.2. The molecule has 488 valence electrons. The Balaban J connectivity index is 2.16. The number of carbonyl (C=O) groups excluding carboxylic acids is 1. The summed E-state index contributed by atoms with van der Waals surface area (Å²) in [4.78, 5) is 13.2. The van der Waals surface area contributed by atoms with E-state index in [2.05, 4.69) is 23.3 Å². The van der Waals surface area contributed by atoms with Crippen molar-refractivity contribution in [2.24, 2.45) is 0 Å². The summed E-state index contributed by atoms with van der Waals surface area (Å²) >= 11 is 0. The van der Waals surface area contributed by atoms with Gasteiger partial charge in [0.2, 0.25) is 5.91 Å². The standard InChI is InChI=1S/C69H135NO11S/c1-3-5-7-9-11-13-15-17-19-21-23-24-25-26-27-28-29-30-31-32-33-34-35-36-37-38-39-40-41-43-45-47-49-51-53-55-57-59-65(73)70-62(61-79-69-67(75)68(81-82(76,77)78)66(74)64(60-71)80-69)63(72)58-56-54-52-50-48-46-44-42-22-20-18-16-14-12-10-8-6-4-2/h56,58,62-64,66-69,71-72,74-75H,3-55,57,59-61H2,1-2H3,(H,70,73)(H,76,77,78)/b58-56+. The van der Waals surface area contributed by atoms with Crippen molar-refractivity contribution in [3.8, 4) is 0 Å². The average molecular weight is 1190 g/mol. The van der Waals surface area contributed by atoms with Gasteiger partial charge in [0.15, 0.2) is 6.29 Å². The molecule has 1 aliphatic heterocycles. The molecule has 0 radical (unpaired) electrons. The lowest BCUT2D eigenvalue weighted by molar-refractivity contribution is -0.298. The van der Waals surface area contributed by atoms with Crippen LogP contribution in [-0.2, 0) is 28.9 Å². The minimum Gasteiger partial charge on any atom is -0.394 e. The highest BCUT2D eigenvalue weighted by Crippen LogP contribution is 2.26. The monoisotopic (exact) mass is 1190 g/mol. The quantitative estimate of drug-likeness (QED) is 0.0193. The van der Waals surface area contributed by atoms with Crippen LogP contribution in [0.1, 0.15) is 367 Å². The minimum absolute atomic E-state index is 0.253. The topological polar surface area (TPSA) is 192 Å². The largest absolute Gasteiger partial charge is 0.397 e. The number of carbonyl (C=O) groups is 1. The molecule has 7 atom stereocenters. The number of hydrogen-bond acceptors (Lipinski definition) is 10. The summed E-state index contributed by atoms with van der Waals surface area (Å²) in [5, 5.41) is 45.1. The van der Waals surface area contributed by atoms with Gasteiger partial charge in [0.25, 0.3) is 0 Å². The number of ether oxygens (including phenoxy) is 2. The predicted molar refractivity (Wildman–Crippen MR) is 342 cm³/mol. The summed E-state index contributed by atoms with van der Waals surface area (Å²) in [6, 6.07) is -0.941. The van der Waals surface area contributed by atoms with Gasteiger partial charge in [0.1, 0.15) is 24.4 Å². The highest BCUT2D eigenvalue weighted by atomic mass is 32.3. The molecule has 1 fully saturated rings. The summed E-state index contributed by atoms with van der Waals surface area (Å²) in [5.74, 6) is -0.253. The molecule has 6 N–H and O–H groups in total. The highest BCUT2D eigenvalue weighted by molar-refractivity contribution is 7.80. The highest BCUT2D eigenvalue weighted by Gasteiger charge is 2.48. The lowest BCUT2D eigenvalue weighted by Gasteiger charge is -2.41. The van der Waals surface area contributed by atoms with E-state index < -0.39 is 59.9 Å². The first-order chi connectivity index (χ1) is 40.0. The maximum absolute atomic E-state index is 13.2. The van der Waals surface area contributed by atoms with Crippen LogP contribution in [0.2, 0.25) is 0 Å². The zero-order valence-corrected chi connectivity index (χ0v) is 54.4. The van der Waals surface area contributed by atoms with E-state index in [1.54, 1.807) is 6.08 Å². The normalized spacial score (nSPS) is 18.5. The number of rotatable bonds is 64. The van der Waals surface area contributed by atoms with Crippen LogP contribution in [0, 0.1) is 0 Å². The Morgan fingerprint density at radius 3 is 1.06 bits per heavy atom. The first-order valence-corrected chi connectivity index (χ1v) is 36.9. The zero-order valence-electron chi connectivity index (χ0n) is 53.6.